The summed E-state index contributed by atoms with van der Waals surface area (Å²) >= 11 is 3.19. The van der Waals surface area contributed by atoms with E-state index in [2.05, 4.69) is 28.6 Å². The predicted octanol–water partition coefficient (Wildman–Crippen LogP) is 3.21. The topological polar surface area (TPSA) is 38.4 Å². The highest BCUT2D eigenvalue weighted by Gasteiger charge is 1.96. The molecule has 2 nitrogen and oxygen atoms in total. The van der Waals surface area contributed by atoms with Crippen molar-refractivity contribution in [1.82, 2.24) is 0 Å². The van der Waals surface area contributed by atoms with Gasteiger partial charge in [-0.15, -0.1) is 11.3 Å². The fourth-order valence-electron chi connectivity index (χ4n) is 1.20. The van der Waals surface area contributed by atoms with E-state index in [1.54, 1.807) is 11.3 Å². The molecule has 0 spiro atoms. The molecule has 72 valence electrons. The van der Waals surface area contributed by atoms with Gasteiger partial charge >= 0.3 is 0 Å². The third-order valence-electron chi connectivity index (χ3n) is 1.88. The van der Waals surface area contributed by atoms with Crippen LogP contribution in [-0.4, -0.2) is 11.4 Å². The van der Waals surface area contributed by atoms with Crippen LogP contribution in [0.4, 0.5) is 5.69 Å². The third-order valence-corrected chi connectivity index (χ3v) is 3.29. The van der Waals surface area contributed by atoms with Crippen LogP contribution in [0.5, 0.6) is 0 Å². The van der Waals surface area contributed by atoms with E-state index < -0.39 is 0 Å². The highest BCUT2D eigenvalue weighted by atomic mass is 32.2. The molecule has 14 heavy (non-hydrogen) atoms. The zero-order chi connectivity index (χ0) is 9.97. The van der Waals surface area contributed by atoms with E-state index in [1.165, 1.54) is 21.8 Å². The number of nitrogens with zero attached hydrogens (tertiary/aromatic N) is 1. The third kappa shape index (κ3) is 1.91. The number of hydrogen-bond donors (Lipinski definition) is 1. The van der Waals surface area contributed by atoms with Crippen LogP contribution >= 0.6 is 23.1 Å². The summed E-state index contributed by atoms with van der Waals surface area (Å²) in [6, 6.07) is 8.21. The Morgan fingerprint density at radius 2 is 2.29 bits per heavy atom. The lowest BCUT2D eigenvalue weighted by atomic mass is 10.2. The Bertz CT molecular complexity index is 474. The van der Waals surface area contributed by atoms with Crippen LogP contribution in [0.15, 0.2) is 34.6 Å². The second-order valence-corrected chi connectivity index (χ2v) is 4.57. The first-order valence-electron chi connectivity index (χ1n) is 4.15. The van der Waals surface area contributed by atoms with Gasteiger partial charge < -0.3 is 5.73 Å². The first-order chi connectivity index (χ1) is 6.79. The molecule has 0 bridgehead atoms. The van der Waals surface area contributed by atoms with Crippen molar-refractivity contribution in [2.45, 2.75) is 0 Å². The summed E-state index contributed by atoms with van der Waals surface area (Å²) in [5, 5.41) is 3.90. The van der Waals surface area contributed by atoms with Gasteiger partial charge in [-0.25, -0.2) is 4.99 Å². The maximum atomic E-state index is 5.64. The molecule has 2 rings (SSSR count). The molecule has 4 heteroatoms. The van der Waals surface area contributed by atoms with Crippen LogP contribution in [0.1, 0.15) is 0 Å². The summed E-state index contributed by atoms with van der Waals surface area (Å²) in [5.74, 6) is 0. The molecule has 0 aliphatic heterocycles. The highest BCUT2D eigenvalue weighted by Crippen LogP contribution is 2.25. The van der Waals surface area contributed by atoms with Crippen molar-refractivity contribution in [3.05, 3.63) is 29.6 Å². The first kappa shape index (κ1) is 9.55. The second kappa shape index (κ2) is 4.02. The van der Waals surface area contributed by atoms with E-state index in [0.29, 0.717) is 5.17 Å². The highest BCUT2D eigenvalue weighted by molar-refractivity contribution is 8.13. The van der Waals surface area contributed by atoms with Crippen molar-refractivity contribution < 1.29 is 0 Å². The van der Waals surface area contributed by atoms with Gasteiger partial charge in [0.05, 0.1) is 5.69 Å². The average molecular weight is 222 g/mol. The maximum absolute atomic E-state index is 5.64. The molecule has 1 aromatic heterocycles. The number of amidine groups is 1. The Labute approximate surface area is 90.8 Å². The minimum atomic E-state index is 0.597. The van der Waals surface area contributed by atoms with Crippen LogP contribution in [-0.2, 0) is 0 Å². The molecule has 0 radical (unpaired) electrons. The van der Waals surface area contributed by atoms with Crippen molar-refractivity contribution in [2.75, 3.05) is 6.26 Å². The van der Waals surface area contributed by atoms with Crippen molar-refractivity contribution in [3.8, 4) is 0 Å². The molecule has 2 aromatic rings. The van der Waals surface area contributed by atoms with Gasteiger partial charge in [0.25, 0.3) is 0 Å². The fraction of sp³-hybridized carbons (Fsp3) is 0.100. The second-order valence-electron chi connectivity index (χ2n) is 2.80. The zero-order valence-electron chi connectivity index (χ0n) is 7.73. The Hall–Kier alpha value is -1.00. The summed E-state index contributed by atoms with van der Waals surface area (Å²) in [7, 11) is 0. The lowest BCUT2D eigenvalue weighted by Gasteiger charge is -1.96. The van der Waals surface area contributed by atoms with Crippen LogP contribution < -0.4 is 5.73 Å². The van der Waals surface area contributed by atoms with Gasteiger partial charge in [-0.2, -0.15) is 0 Å². The van der Waals surface area contributed by atoms with E-state index >= 15 is 0 Å². The van der Waals surface area contributed by atoms with E-state index in [9.17, 15) is 0 Å². The molecule has 1 heterocycles. The minimum Gasteiger partial charge on any atom is -0.378 e. The normalized spacial score (nSPS) is 12.2. The summed E-state index contributed by atoms with van der Waals surface area (Å²) in [4.78, 5) is 4.27. The lowest BCUT2D eigenvalue weighted by molar-refractivity contribution is 1.53. The van der Waals surface area contributed by atoms with E-state index in [-0.39, 0.29) is 0 Å². The largest absolute Gasteiger partial charge is 0.378 e. The number of thioether (sulfide) groups is 1. The number of benzene rings is 1. The molecular weight excluding hydrogens is 212 g/mol. The van der Waals surface area contributed by atoms with E-state index in [0.717, 1.165) is 5.69 Å². The lowest BCUT2D eigenvalue weighted by Crippen LogP contribution is -2.03. The summed E-state index contributed by atoms with van der Waals surface area (Å²) in [5.41, 5.74) is 6.56. The molecule has 1 aromatic carbocycles. The van der Waals surface area contributed by atoms with Gasteiger partial charge in [0, 0.05) is 4.70 Å². The van der Waals surface area contributed by atoms with Crippen molar-refractivity contribution in [3.63, 3.8) is 0 Å². The van der Waals surface area contributed by atoms with E-state index in [4.69, 9.17) is 5.73 Å². The number of fused-ring (bicyclic) bond motifs is 1. The summed E-state index contributed by atoms with van der Waals surface area (Å²) < 4.78 is 1.28. The van der Waals surface area contributed by atoms with Crippen LogP contribution in [0.3, 0.4) is 0 Å². The van der Waals surface area contributed by atoms with Crippen LogP contribution in [0.2, 0.25) is 0 Å². The monoisotopic (exact) mass is 222 g/mol. The quantitative estimate of drug-likeness (QED) is 0.594. The van der Waals surface area contributed by atoms with Crippen LogP contribution in [0, 0.1) is 0 Å². The van der Waals surface area contributed by atoms with Crippen molar-refractivity contribution >= 4 is 44.0 Å². The Morgan fingerprint density at radius 3 is 3.07 bits per heavy atom. The maximum Gasteiger partial charge on any atom is 0.158 e. The summed E-state index contributed by atoms with van der Waals surface area (Å²) in [6.45, 7) is 0. The van der Waals surface area contributed by atoms with Gasteiger partial charge in [0.1, 0.15) is 0 Å². The van der Waals surface area contributed by atoms with Gasteiger partial charge in [-0.3, -0.25) is 0 Å². The zero-order valence-corrected chi connectivity index (χ0v) is 9.36. The molecule has 0 atom stereocenters. The standard InChI is InChI=1S/C10H10N2S2/c1-13-10(11)12-8-2-3-9-7(6-8)4-5-14-9/h2-6H,1H3,(H2,11,12). The van der Waals surface area contributed by atoms with Gasteiger partial charge in [-0.05, 0) is 41.3 Å². The molecule has 0 saturated carbocycles. The Kier molecular flexibility index (Phi) is 2.74. The van der Waals surface area contributed by atoms with Crippen LogP contribution in [0.25, 0.3) is 10.1 Å². The first-order valence-corrected chi connectivity index (χ1v) is 6.25. The Balaban J connectivity index is 2.44. The molecule has 0 unspecified atom stereocenters. The van der Waals surface area contributed by atoms with Crippen molar-refractivity contribution in [1.29, 1.82) is 0 Å². The Morgan fingerprint density at radius 1 is 1.43 bits per heavy atom. The minimum absolute atomic E-state index is 0.597. The molecule has 0 saturated heterocycles. The molecular formula is C10H10N2S2. The smallest absolute Gasteiger partial charge is 0.158 e. The van der Waals surface area contributed by atoms with Gasteiger partial charge in [0.15, 0.2) is 5.17 Å². The number of thiophene rings is 1. The fourth-order valence-corrected chi connectivity index (χ4v) is 2.16. The number of nitrogens with two attached hydrogens (primary N) is 1. The predicted molar refractivity (Wildman–Crippen MR) is 66.6 cm³/mol. The van der Waals surface area contributed by atoms with Crippen molar-refractivity contribution in [2.24, 2.45) is 10.7 Å². The number of rotatable bonds is 1. The number of hydrogen-bond acceptors (Lipinski definition) is 3. The summed E-state index contributed by atoms with van der Waals surface area (Å²) in [6.07, 6.45) is 1.92. The average Bonchev–Trinajstić information content (AvgIpc) is 2.64. The molecule has 0 fully saturated rings. The molecule has 0 aliphatic carbocycles. The molecule has 2 N–H and O–H groups in total. The number of aliphatic imine (C=N–C) groups is 1. The van der Waals surface area contributed by atoms with E-state index in [1.807, 2.05) is 12.3 Å². The molecule has 0 aliphatic rings. The van der Waals surface area contributed by atoms with Gasteiger partial charge in [0.2, 0.25) is 0 Å². The molecule has 0 amide bonds. The van der Waals surface area contributed by atoms with Gasteiger partial charge in [-0.1, -0.05) is 11.8 Å². The SMILES string of the molecule is CSC(N)=Nc1ccc2sccc2c1.